The summed E-state index contributed by atoms with van der Waals surface area (Å²) in [6, 6.07) is 31.0. The Morgan fingerprint density at radius 2 is 1.40 bits per heavy atom. The second kappa shape index (κ2) is 20.1. The Hall–Kier alpha value is -3.91. The molecule has 0 atom stereocenters. The number of rotatable bonds is 7. The van der Waals surface area contributed by atoms with E-state index in [9.17, 15) is 0 Å². The Balaban J connectivity index is 0.000000314. The van der Waals surface area contributed by atoms with Crippen LogP contribution in [-0.4, -0.2) is 4.98 Å². The summed E-state index contributed by atoms with van der Waals surface area (Å²) in [6.45, 7) is 21.0. The molecular weight excluding hydrogens is 486 g/mol. The van der Waals surface area contributed by atoms with Gasteiger partial charge in [-0.25, -0.2) is 0 Å². The maximum absolute atomic E-state index is 5.82. The van der Waals surface area contributed by atoms with E-state index in [1.54, 1.807) is 0 Å². The first-order valence-corrected chi connectivity index (χ1v) is 14.4. The Labute approximate surface area is 244 Å². The fraction of sp³-hybridized carbons (Fsp3) is 0.289. The standard InChI is InChI=1S/C17H18O.C11H15N.C8H10.C2H6/c1-13(2)16-9-14(3)10-17(11-16)18-12-15-7-5-4-6-8-15;1-4-10(5-2)11-7-6-9(3)12-8-11;1-2-8-6-4-3-5-7-8;1-2/h4-11H,1,12H2,2-3H3;4,6-8H,5H2,1-3H3;3-7H,2H2,1H3;1-2H3/b;10-4-;;. The summed E-state index contributed by atoms with van der Waals surface area (Å²) >= 11 is 0. The zero-order valence-electron chi connectivity index (χ0n) is 26.0. The normalized spacial score (nSPS) is 10.1. The van der Waals surface area contributed by atoms with Crippen LogP contribution in [0.5, 0.6) is 5.75 Å². The lowest BCUT2D eigenvalue weighted by molar-refractivity contribution is 0.306. The molecule has 0 fully saturated rings. The molecule has 0 saturated carbocycles. The van der Waals surface area contributed by atoms with Gasteiger partial charge in [0.2, 0.25) is 0 Å². The van der Waals surface area contributed by atoms with E-state index in [2.05, 4.69) is 106 Å². The van der Waals surface area contributed by atoms with Crippen molar-refractivity contribution >= 4 is 11.1 Å². The summed E-state index contributed by atoms with van der Waals surface area (Å²) < 4.78 is 5.82. The molecule has 0 bridgehead atoms. The van der Waals surface area contributed by atoms with Crippen LogP contribution in [0.4, 0.5) is 0 Å². The van der Waals surface area contributed by atoms with E-state index < -0.39 is 0 Å². The van der Waals surface area contributed by atoms with E-state index in [4.69, 9.17) is 4.74 Å². The van der Waals surface area contributed by atoms with Gasteiger partial charge in [0.15, 0.2) is 0 Å². The molecule has 0 radical (unpaired) electrons. The van der Waals surface area contributed by atoms with E-state index in [0.717, 1.165) is 35.4 Å². The van der Waals surface area contributed by atoms with Gasteiger partial charge >= 0.3 is 0 Å². The van der Waals surface area contributed by atoms with Crippen molar-refractivity contribution in [3.05, 3.63) is 143 Å². The van der Waals surface area contributed by atoms with Gasteiger partial charge in [0, 0.05) is 11.9 Å². The summed E-state index contributed by atoms with van der Waals surface area (Å²) in [7, 11) is 0. The lowest BCUT2D eigenvalue weighted by Gasteiger charge is -2.10. The summed E-state index contributed by atoms with van der Waals surface area (Å²) in [6.07, 6.45) is 6.29. The molecule has 0 spiro atoms. The Morgan fingerprint density at radius 1 is 0.800 bits per heavy atom. The second-order valence-corrected chi connectivity index (χ2v) is 9.28. The molecule has 2 heteroatoms. The Kier molecular flexibility index (Phi) is 17.1. The lowest BCUT2D eigenvalue weighted by atomic mass is 10.1. The fourth-order valence-electron chi connectivity index (χ4n) is 3.76. The summed E-state index contributed by atoms with van der Waals surface area (Å²) in [5.41, 5.74) is 9.65. The van der Waals surface area contributed by atoms with Crippen LogP contribution in [0.1, 0.15) is 81.5 Å². The molecule has 4 rings (SSSR count). The molecule has 0 unspecified atom stereocenters. The van der Waals surface area contributed by atoms with E-state index in [0.29, 0.717) is 6.61 Å². The number of aryl methyl sites for hydroxylation is 3. The van der Waals surface area contributed by atoms with Crippen molar-refractivity contribution < 1.29 is 4.74 Å². The van der Waals surface area contributed by atoms with Crippen LogP contribution in [0.25, 0.3) is 11.1 Å². The van der Waals surface area contributed by atoms with Gasteiger partial charge < -0.3 is 4.74 Å². The number of aromatic nitrogens is 1. The maximum atomic E-state index is 5.82. The van der Waals surface area contributed by atoms with Crippen molar-refractivity contribution in [3.63, 3.8) is 0 Å². The first-order valence-electron chi connectivity index (χ1n) is 14.4. The van der Waals surface area contributed by atoms with E-state index >= 15 is 0 Å². The summed E-state index contributed by atoms with van der Waals surface area (Å²) in [5, 5.41) is 0. The molecule has 0 aliphatic heterocycles. The van der Waals surface area contributed by atoms with Gasteiger partial charge in [0.25, 0.3) is 0 Å². The molecule has 212 valence electrons. The molecule has 0 amide bonds. The number of hydrogen-bond acceptors (Lipinski definition) is 2. The molecule has 1 aromatic heterocycles. The van der Waals surface area contributed by atoms with Gasteiger partial charge in [-0.2, -0.15) is 0 Å². The summed E-state index contributed by atoms with van der Waals surface area (Å²) in [4.78, 5) is 4.26. The second-order valence-electron chi connectivity index (χ2n) is 9.28. The third kappa shape index (κ3) is 13.2. The van der Waals surface area contributed by atoms with Gasteiger partial charge in [0.05, 0.1) is 0 Å². The molecule has 4 aromatic rings. The van der Waals surface area contributed by atoms with Gasteiger partial charge in [-0.05, 0) is 92.1 Å². The van der Waals surface area contributed by atoms with Crippen LogP contribution in [0.2, 0.25) is 0 Å². The Morgan fingerprint density at radius 3 is 1.85 bits per heavy atom. The van der Waals surface area contributed by atoms with Crippen molar-refractivity contribution in [2.75, 3.05) is 0 Å². The number of ether oxygens (including phenoxy) is 1. The highest BCUT2D eigenvalue weighted by Gasteiger charge is 2.01. The van der Waals surface area contributed by atoms with Crippen molar-refractivity contribution in [1.29, 1.82) is 0 Å². The molecular formula is C38H49NO. The minimum absolute atomic E-state index is 0.597. The monoisotopic (exact) mass is 535 g/mol. The average molecular weight is 536 g/mol. The topological polar surface area (TPSA) is 22.1 Å². The van der Waals surface area contributed by atoms with Crippen LogP contribution < -0.4 is 4.74 Å². The molecule has 40 heavy (non-hydrogen) atoms. The van der Waals surface area contributed by atoms with Crippen LogP contribution in [0.15, 0.2) is 110 Å². The minimum Gasteiger partial charge on any atom is -0.489 e. The molecule has 3 aromatic carbocycles. The number of pyridine rings is 1. The minimum atomic E-state index is 0.597. The number of allylic oxidation sites excluding steroid dienone is 3. The predicted octanol–water partition coefficient (Wildman–Crippen LogP) is 11.1. The SMILES string of the molecule is C/C=C(/CC)c1ccc(C)nc1.C=C(C)c1cc(C)cc(OCc2ccccc2)c1.CC.CCc1ccccc1. The predicted molar refractivity (Wildman–Crippen MR) is 177 cm³/mol. The smallest absolute Gasteiger partial charge is 0.120 e. The van der Waals surface area contributed by atoms with E-state index in [1.165, 1.54) is 27.8 Å². The molecule has 1 heterocycles. The van der Waals surface area contributed by atoms with Crippen molar-refractivity contribution in [3.8, 4) is 5.75 Å². The van der Waals surface area contributed by atoms with Gasteiger partial charge in [-0.3, -0.25) is 4.98 Å². The average Bonchev–Trinajstić information content (AvgIpc) is 3.00. The van der Waals surface area contributed by atoms with Crippen LogP contribution in [-0.2, 0) is 13.0 Å². The number of hydrogen-bond donors (Lipinski definition) is 0. The van der Waals surface area contributed by atoms with Crippen molar-refractivity contribution in [2.45, 2.75) is 74.8 Å². The van der Waals surface area contributed by atoms with Crippen molar-refractivity contribution in [1.82, 2.24) is 4.98 Å². The number of benzene rings is 3. The van der Waals surface area contributed by atoms with Crippen LogP contribution in [0, 0.1) is 13.8 Å². The van der Waals surface area contributed by atoms with Gasteiger partial charge in [-0.15, -0.1) is 0 Å². The van der Waals surface area contributed by atoms with Gasteiger partial charge in [0.1, 0.15) is 12.4 Å². The molecule has 0 aliphatic carbocycles. The summed E-state index contributed by atoms with van der Waals surface area (Å²) in [5.74, 6) is 0.900. The molecule has 0 N–H and O–H groups in total. The maximum Gasteiger partial charge on any atom is 0.120 e. The zero-order valence-corrected chi connectivity index (χ0v) is 26.0. The zero-order chi connectivity index (χ0) is 29.8. The quantitative estimate of drug-likeness (QED) is 0.235. The van der Waals surface area contributed by atoms with E-state index in [-0.39, 0.29) is 0 Å². The molecule has 0 aliphatic rings. The highest BCUT2D eigenvalue weighted by molar-refractivity contribution is 5.64. The first-order chi connectivity index (χ1) is 19.4. The van der Waals surface area contributed by atoms with Crippen molar-refractivity contribution in [2.24, 2.45) is 0 Å². The van der Waals surface area contributed by atoms with Crippen LogP contribution in [0.3, 0.4) is 0 Å². The van der Waals surface area contributed by atoms with Gasteiger partial charge in [-0.1, -0.05) is 119 Å². The Bertz CT molecular complexity index is 1260. The van der Waals surface area contributed by atoms with Crippen LogP contribution >= 0.6 is 0 Å². The van der Waals surface area contributed by atoms with E-state index in [1.807, 2.05) is 64.2 Å². The third-order valence-corrected chi connectivity index (χ3v) is 6.05. The molecule has 0 saturated heterocycles. The largest absolute Gasteiger partial charge is 0.489 e. The molecule has 2 nitrogen and oxygen atoms in total. The lowest BCUT2D eigenvalue weighted by Crippen LogP contribution is -1.96. The fourth-order valence-corrected chi connectivity index (χ4v) is 3.76. The highest BCUT2D eigenvalue weighted by Crippen LogP contribution is 2.22. The third-order valence-electron chi connectivity index (χ3n) is 6.05. The first kappa shape index (κ1) is 34.1. The highest BCUT2D eigenvalue weighted by atomic mass is 16.5. The number of nitrogens with zero attached hydrogens (tertiary/aromatic N) is 1.